The number of aryl methyl sites for hydroxylation is 1. The van der Waals surface area contributed by atoms with E-state index in [-0.39, 0.29) is 5.78 Å². The Morgan fingerprint density at radius 1 is 1.32 bits per heavy atom. The first kappa shape index (κ1) is 13.1. The molecule has 19 heavy (non-hydrogen) atoms. The molecule has 0 fully saturated rings. The monoisotopic (exact) mass is 397 g/mol. The number of thiophene rings is 1. The molecule has 0 saturated heterocycles. The zero-order chi connectivity index (χ0) is 13.6. The van der Waals surface area contributed by atoms with E-state index in [0.29, 0.717) is 5.56 Å². The Kier molecular flexibility index (Phi) is 3.37. The first-order chi connectivity index (χ1) is 9.08. The molecule has 0 bridgehead atoms. The molecule has 5 heteroatoms. The molecular formula is C14H9Br2NOS. The van der Waals surface area contributed by atoms with Crippen molar-refractivity contribution < 1.29 is 4.79 Å². The topological polar surface area (TPSA) is 32.9 Å². The van der Waals surface area contributed by atoms with E-state index in [9.17, 15) is 4.79 Å². The molecule has 1 N–H and O–H groups in total. The van der Waals surface area contributed by atoms with E-state index in [1.807, 2.05) is 31.2 Å². The highest BCUT2D eigenvalue weighted by atomic mass is 79.9. The summed E-state index contributed by atoms with van der Waals surface area (Å²) in [5.41, 5.74) is 2.76. The number of halogens is 2. The van der Waals surface area contributed by atoms with Gasteiger partial charge in [-0.1, -0.05) is 22.0 Å². The molecule has 0 radical (unpaired) electrons. The number of rotatable bonds is 2. The fourth-order valence-corrected chi connectivity index (χ4v) is 4.09. The molecule has 3 rings (SSSR count). The van der Waals surface area contributed by atoms with Crippen LogP contribution in [0.4, 0.5) is 0 Å². The van der Waals surface area contributed by atoms with E-state index < -0.39 is 0 Å². The Bertz CT molecular complexity index is 768. The van der Waals surface area contributed by atoms with Crippen LogP contribution < -0.4 is 0 Å². The van der Waals surface area contributed by atoms with Crippen LogP contribution in [0.25, 0.3) is 10.9 Å². The van der Waals surface area contributed by atoms with Crippen molar-refractivity contribution in [2.45, 2.75) is 6.92 Å². The number of nitrogens with one attached hydrogen (secondary N) is 1. The number of carbonyl (C=O) groups is 1. The molecular weight excluding hydrogens is 390 g/mol. The van der Waals surface area contributed by atoms with Crippen molar-refractivity contribution in [3.05, 3.63) is 54.7 Å². The van der Waals surface area contributed by atoms with Gasteiger partial charge in [0.25, 0.3) is 0 Å². The Labute approximate surface area is 131 Å². The molecule has 2 nitrogen and oxygen atoms in total. The van der Waals surface area contributed by atoms with Gasteiger partial charge in [0.1, 0.15) is 0 Å². The number of H-pyrrole nitrogens is 1. The fraction of sp³-hybridized carbons (Fsp3) is 0.0714. The Morgan fingerprint density at radius 2 is 2.11 bits per heavy atom. The van der Waals surface area contributed by atoms with Crippen LogP contribution in [0.15, 0.2) is 38.7 Å². The number of hydrogen-bond acceptors (Lipinski definition) is 2. The number of hydrogen-bond donors (Lipinski definition) is 1. The predicted molar refractivity (Wildman–Crippen MR) is 86.2 cm³/mol. The summed E-state index contributed by atoms with van der Waals surface area (Å²) in [6.45, 7) is 1.99. The lowest BCUT2D eigenvalue weighted by Crippen LogP contribution is -1.97. The van der Waals surface area contributed by atoms with Crippen molar-refractivity contribution in [2.24, 2.45) is 0 Å². The van der Waals surface area contributed by atoms with E-state index in [2.05, 4.69) is 36.8 Å². The van der Waals surface area contributed by atoms with E-state index in [1.165, 1.54) is 11.3 Å². The number of aromatic nitrogens is 1. The van der Waals surface area contributed by atoms with Gasteiger partial charge in [-0.05, 0) is 46.6 Å². The van der Waals surface area contributed by atoms with Gasteiger partial charge in [0.2, 0.25) is 5.78 Å². The summed E-state index contributed by atoms with van der Waals surface area (Å²) < 4.78 is 1.94. The summed E-state index contributed by atoms with van der Waals surface area (Å²) >= 11 is 8.44. The third-order valence-electron chi connectivity index (χ3n) is 2.98. The van der Waals surface area contributed by atoms with Gasteiger partial charge in [-0.2, -0.15) is 0 Å². The molecule has 3 aromatic rings. The number of ketones is 1. The van der Waals surface area contributed by atoms with Crippen molar-refractivity contribution in [3.8, 4) is 0 Å². The SMILES string of the molecule is Cc1cc(C(=O)c2c[nH]c3cccc(Br)c23)sc1Br. The molecule has 96 valence electrons. The number of benzene rings is 1. The lowest BCUT2D eigenvalue weighted by Gasteiger charge is -1.98. The van der Waals surface area contributed by atoms with Gasteiger partial charge >= 0.3 is 0 Å². The molecule has 0 amide bonds. The second-order valence-corrected chi connectivity index (χ2v) is 7.49. The Hall–Kier alpha value is -0.910. The first-order valence-electron chi connectivity index (χ1n) is 5.64. The van der Waals surface area contributed by atoms with Gasteiger partial charge < -0.3 is 4.98 Å². The third-order valence-corrected chi connectivity index (χ3v) is 5.78. The van der Waals surface area contributed by atoms with E-state index in [0.717, 1.165) is 29.6 Å². The summed E-state index contributed by atoms with van der Waals surface area (Å²) in [7, 11) is 0. The minimum atomic E-state index is 0.0527. The summed E-state index contributed by atoms with van der Waals surface area (Å²) in [5, 5.41) is 0.940. The smallest absolute Gasteiger partial charge is 0.205 e. The van der Waals surface area contributed by atoms with Crippen LogP contribution in [-0.2, 0) is 0 Å². The normalized spacial score (nSPS) is 11.1. The van der Waals surface area contributed by atoms with Crippen LogP contribution in [0.3, 0.4) is 0 Å². The molecule has 2 heterocycles. The molecule has 0 aliphatic heterocycles. The van der Waals surface area contributed by atoms with Crippen molar-refractivity contribution in [3.63, 3.8) is 0 Å². The maximum atomic E-state index is 12.6. The van der Waals surface area contributed by atoms with E-state index in [4.69, 9.17) is 0 Å². The van der Waals surface area contributed by atoms with Gasteiger partial charge in [0, 0.05) is 27.1 Å². The van der Waals surface area contributed by atoms with Crippen LogP contribution in [0.5, 0.6) is 0 Å². The molecule has 2 aromatic heterocycles. The second kappa shape index (κ2) is 4.89. The molecule has 1 aromatic carbocycles. The molecule has 0 saturated carbocycles. The maximum absolute atomic E-state index is 12.6. The Balaban J connectivity index is 2.17. The van der Waals surface area contributed by atoms with Gasteiger partial charge in [-0.3, -0.25) is 4.79 Å². The van der Waals surface area contributed by atoms with Crippen LogP contribution in [0.2, 0.25) is 0 Å². The number of aromatic amines is 1. The summed E-state index contributed by atoms with van der Waals surface area (Å²) in [4.78, 5) is 16.5. The van der Waals surface area contributed by atoms with Gasteiger partial charge in [-0.25, -0.2) is 0 Å². The van der Waals surface area contributed by atoms with Crippen LogP contribution >= 0.6 is 43.2 Å². The molecule has 0 aliphatic carbocycles. The average Bonchev–Trinajstić information content (AvgIpc) is 2.94. The fourth-order valence-electron chi connectivity index (χ4n) is 2.02. The maximum Gasteiger partial charge on any atom is 0.205 e. The van der Waals surface area contributed by atoms with Gasteiger partial charge in [-0.15, -0.1) is 11.3 Å². The van der Waals surface area contributed by atoms with Crippen molar-refractivity contribution in [1.29, 1.82) is 0 Å². The standard InChI is InChI=1S/C14H9Br2NOS/c1-7-5-11(19-14(7)16)13(18)8-6-17-10-4-2-3-9(15)12(8)10/h2-6,17H,1H3. The molecule has 0 unspecified atom stereocenters. The zero-order valence-corrected chi connectivity index (χ0v) is 13.9. The number of carbonyl (C=O) groups excluding carboxylic acids is 1. The average molecular weight is 399 g/mol. The Morgan fingerprint density at radius 3 is 2.79 bits per heavy atom. The van der Waals surface area contributed by atoms with Crippen molar-refractivity contribution >= 4 is 59.9 Å². The highest BCUT2D eigenvalue weighted by Gasteiger charge is 2.18. The summed E-state index contributed by atoms with van der Waals surface area (Å²) in [5.74, 6) is 0.0527. The lowest BCUT2D eigenvalue weighted by molar-refractivity contribution is 0.104. The minimum absolute atomic E-state index is 0.0527. The minimum Gasteiger partial charge on any atom is -0.360 e. The largest absolute Gasteiger partial charge is 0.360 e. The van der Waals surface area contributed by atoms with Crippen LogP contribution in [-0.4, -0.2) is 10.8 Å². The van der Waals surface area contributed by atoms with Gasteiger partial charge in [0.05, 0.1) is 8.66 Å². The quantitative estimate of drug-likeness (QED) is 0.584. The molecule has 0 aliphatic rings. The predicted octanol–water partition coefficient (Wildman–Crippen LogP) is 5.29. The third kappa shape index (κ3) is 2.20. The van der Waals surface area contributed by atoms with Crippen molar-refractivity contribution in [1.82, 2.24) is 4.98 Å². The lowest BCUT2D eigenvalue weighted by atomic mass is 10.1. The second-order valence-electron chi connectivity index (χ2n) is 4.26. The van der Waals surface area contributed by atoms with Crippen molar-refractivity contribution in [2.75, 3.05) is 0 Å². The van der Waals surface area contributed by atoms with E-state index >= 15 is 0 Å². The molecule has 0 spiro atoms. The van der Waals surface area contributed by atoms with Crippen LogP contribution in [0.1, 0.15) is 20.8 Å². The summed E-state index contributed by atoms with van der Waals surface area (Å²) in [6.07, 6.45) is 1.78. The van der Waals surface area contributed by atoms with E-state index in [1.54, 1.807) is 6.20 Å². The van der Waals surface area contributed by atoms with Gasteiger partial charge in [0.15, 0.2) is 0 Å². The molecule has 0 atom stereocenters. The highest BCUT2D eigenvalue weighted by molar-refractivity contribution is 9.11. The summed E-state index contributed by atoms with van der Waals surface area (Å²) in [6, 6.07) is 7.78. The first-order valence-corrected chi connectivity index (χ1v) is 8.04. The zero-order valence-electron chi connectivity index (χ0n) is 9.96. The highest BCUT2D eigenvalue weighted by Crippen LogP contribution is 2.32. The number of fused-ring (bicyclic) bond motifs is 1. The van der Waals surface area contributed by atoms with Crippen LogP contribution in [0, 0.1) is 6.92 Å².